The zero-order valence-corrected chi connectivity index (χ0v) is 6.78. The number of halogens is 5. The fourth-order valence-corrected chi connectivity index (χ4v) is 0.843. The molecule has 0 aliphatic rings. The molecule has 0 saturated heterocycles. The molecule has 0 atom stereocenters. The third-order valence-electron chi connectivity index (χ3n) is 1.52. The normalized spacial score (nSPS) is 10.3. The molecule has 82 valence electrons. The minimum Gasteiger partial charge on any atom is -0.369 e. The smallest absolute Gasteiger partial charge is 0.362 e. The van der Waals surface area contributed by atoms with Crippen LogP contribution in [-0.4, -0.2) is 5.97 Å². The highest BCUT2D eigenvalue weighted by molar-refractivity contribution is 5.89. The first-order valence-corrected chi connectivity index (χ1v) is 3.34. The molecule has 0 amide bonds. The van der Waals surface area contributed by atoms with Gasteiger partial charge in [-0.15, -0.1) is 0 Å². The van der Waals surface area contributed by atoms with E-state index in [-0.39, 0.29) is 0 Å². The van der Waals surface area contributed by atoms with Crippen molar-refractivity contribution in [3.05, 3.63) is 34.6 Å². The van der Waals surface area contributed by atoms with E-state index in [2.05, 4.69) is 10.7 Å². The number of nitrogens with two attached hydrogens (primary N) is 1. The molecule has 0 unspecified atom stereocenters. The first kappa shape index (κ1) is 11.4. The summed E-state index contributed by atoms with van der Waals surface area (Å²) < 4.78 is 63.0. The second-order valence-electron chi connectivity index (χ2n) is 2.35. The summed E-state index contributed by atoms with van der Waals surface area (Å²) in [6.45, 7) is 0. The van der Waals surface area contributed by atoms with Gasteiger partial charge in [0.15, 0.2) is 23.3 Å². The molecule has 8 heteroatoms. The maximum absolute atomic E-state index is 12.8. The van der Waals surface area contributed by atoms with Crippen molar-refractivity contribution in [3.8, 4) is 0 Å². The Labute approximate surface area is 79.2 Å². The number of carbonyl (C=O) groups excluding carboxylic acids is 1. The molecular formula is C7H2F5NO2. The summed E-state index contributed by atoms with van der Waals surface area (Å²) >= 11 is 0. The van der Waals surface area contributed by atoms with Crippen molar-refractivity contribution in [1.29, 1.82) is 0 Å². The molecule has 0 aromatic heterocycles. The lowest BCUT2D eigenvalue weighted by atomic mass is 10.1. The molecule has 1 aromatic rings. The maximum Gasteiger partial charge on any atom is 0.362 e. The highest BCUT2D eigenvalue weighted by Crippen LogP contribution is 2.23. The molecule has 0 aliphatic carbocycles. The number of hydrogen-bond donors (Lipinski definition) is 1. The minimum absolute atomic E-state index is 1.73. The summed E-state index contributed by atoms with van der Waals surface area (Å²) in [5.41, 5.74) is -1.73. The van der Waals surface area contributed by atoms with Crippen molar-refractivity contribution in [3.63, 3.8) is 0 Å². The topological polar surface area (TPSA) is 52.3 Å². The quantitative estimate of drug-likeness (QED) is 0.341. The number of benzene rings is 1. The predicted molar refractivity (Wildman–Crippen MR) is 35.8 cm³/mol. The summed E-state index contributed by atoms with van der Waals surface area (Å²) in [5, 5.41) is 0. The molecular weight excluding hydrogens is 225 g/mol. The molecule has 0 aliphatic heterocycles. The minimum atomic E-state index is -2.36. The fraction of sp³-hybridized carbons (Fsp3) is 0. The van der Waals surface area contributed by atoms with Crippen LogP contribution in [0.3, 0.4) is 0 Å². The number of rotatable bonds is 1. The van der Waals surface area contributed by atoms with E-state index in [1.807, 2.05) is 0 Å². The van der Waals surface area contributed by atoms with Crippen LogP contribution in [0.4, 0.5) is 22.0 Å². The van der Waals surface area contributed by atoms with Crippen LogP contribution in [0.5, 0.6) is 0 Å². The summed E-state index contributed by atoms with van der Waals surface area (Å²) in [5.74, 6) is -9.03. The van der Waals surface area contributed by atoms with E-state index in [1.165, 1.54) is 0 Å². The van der Waals surface area contributed by atoms with E-state index in [4.69, 9.17) is 0 Å². The molecule has 0 bridgehead atoms. The van der Waals surface area contributed by atoms with Gasteiger partial charge in [0.25, 0.3) is 0 Å². The maximum atomic E-state index is 12.8. The van der Waals surface area contributed by atoms with E-state index in [0.29, 0.717) is 0 Å². The van der Waals surface area contributed by atoms with Gasteiger partial charge in [0.2, 0.25) is 5.82 Å². The number of carbonyl (C=O) groups is 1. The van der Waals surface area contributed by atoms with Gasteiger partial charge in [-0.1, -0.05) is 0 Å². The Bertz CT molecular complexity index is 405. The van der Waals surface area contributed by atoms with Crippen molar-refractivity contribution in [2.45, 2.75) is 0 Å². The van der Waals surface area contributed by atoms with Gasteiger partial charge in [-0.05, 0) is 0 Å². The van der Waals surface area contributed by atoms with Crippen LogP contribution in [0.1, 0.15) is 10.4 Å². The molecule has 0 radical (unpaired) electrons. The summed E-state index contributed by atoms with van der Waals surface area (Å²) in [6, 6.07) is 0. The third kappa shape index (κ3) is 1.63. The van der Waals surface area contributed by atoms with Crippen molar-refractivity contribution in [2.75, 3.05) is 0 Å². The first-order chi connectivity index (χ1) is 6.91. The van der Waals surface area contributed by atoms with Gasteiger partial charge in [0.1, 0.15) is 5.56 Å². The molecule has 0 fully saturated rings. The van der Waals surface area contributed by atoms with E-state index in [1.54, 1.807) is 0 Å². The van der Waals surface area contributed by atoms with E-state index in [0.717, 1.165) is 0 Å². The van der Waals surface area contributed by atoms with Crippen LogP contribution < -0.4 is 5.90 Å². The van der Waals surface area contributed by atoms with Gasteiger partial charge in [-0.3, -0.25) is 0 Å². The largest absolute Gasteiger partial charge is 0.369 e. The molecule has 0 spiro atoms. The second-order valence-corrected chi connectivity index (χ2v) is 2.35. The van der Waals surface area contributed by atoms with Gasteiger partial charge < -0.3 is 4.84 Å². The molecule has 15 heavy (non-hydrogen) atoms. The SMILES string of the molecule is NOC(=O)c1c(F)c(F)c(F)c(F)c1F. The zero-order valence-electron chi connectivity index (χ0n) is 6.78. The van der Waals surface area contributed by atoms with Crippen LogP contribution in [0.2, 0.25) is 0 Å². The van der Waals surface area contributed by atoms with Crippen LogP contribution in [0.25, 0.3) is 0 Å². The van der Waals surface area contributed by atoms with Crippen molar-refractivity contribution in [1.82, 2.24) is 0 Å². The zero-order chi connectivity index (χ0) is 11.7. The monoisotopic (exact) mass is 227 g/mol. The molecule has 0 heterocycles. The van der Waals surface area contributed by atoms with Gasteiger partial charge >= 0.3 is 5.97 Å². The first-order valence-electron chi connectivity index (χ1n) is 3.34. The average molecular weight is 227 g/mol. The third-order valence-corrected chi connectivity index (χ3v) is 1.52. The van der Waals surface area contributed by atoms with Crippen molar-refractivity contribution >= 4 is 5.97 Å². The Morgan fingerprint density at radius 2 is 1.20 bits per heavy atom. The van der Waals surface area contributed by atoms with Crippen LogP contribution >= 0.6 is 0 Å². The van der Waals surface area contributed by atoms with Crippen molar-refractivity contribution in [2.24, 2.45) is 5.90 Å². The molecule has 1 rings (SSSR count). The summed E-state index contributed by atoms with van der Waals surface area (Å²) in [7, 11) is 0. The van der Waals surface area contributed by atoms with Crippen molar-refractivity contribution < 1.29 is 31.6 Å². The molecule has 1 aromatic carbocycles. The Balaban J connectivity index is 3.60. The van der Waals surface area contributed by atoms with Crippen LogP contribution in [0, 0.1) is 29.1 Å². The average Bonchev–Trinajstić information content (AvgIpc) is 2.23. The molecule has 3 nitrogen and oxygen atoms in total. The van der Waals surface area contributed by atoms with E-state index < -0.39 is 40.6 Å². The summed E-state index contributed by atoms with van der Waals surface area (Å²) in [6.07, 6.45) is 0. The Kier molecular flexibility index (Phi) is 2.89. The predicted octanol–water partition coefficient (Wildman–Crippen LogP) is 1.41. The van der Waals surface area contributed by atoms with Crippen LogP contribution in [-0.2, 0) is 4.84 Å². The Morgan fingerprint density at radius 3 is 1.53 bits per heavy atom. The van der Waals surface area contributed by atoms with Gasteiger partial charge in [0.05, 0.1) is 0 Å². The van der Waals surface area contributed by atoms with Gasteiger partial charge in [-0.25, -0.2) is 26.7 Å². The number of hydrogen-bond acceptors (Lipinski definition) is 3. The Morgan fingerprint density at radius 1 is 0.867 bits per heavy atom. The standard InChI is InChI=1S/C7H2F5NO2/c8-2-1(7(14)15-13)3(9)5(11)6(12)4(2)10/h13H2. The van der Waals surface area contributed by atoms with E-state index in [9.17, 15) is 26.7 Å². The summed E-state index contributed by atoms with van der Waals surface area (Å²) in [4.78, 5) is 14.0. The lowest BCUT2D eigenvalue weighted by Crippen LogP contribution is -2.17. The molecule has 2 N–H and O–H groups in total. The lowest BCUT2D eigenvalue weighted by Gasteiger charge is -2.04. The van der Waals surface area contributed by atoms with Gasteiger partial charge in [-0.2, -0.15) is 5.90 Å². The lowest BCUT2D eigenvalue weighted by molar-refractivity contribution is 0.0488. The Hall–Kier alpha value is -1.70. The van der Waals surface area contributed by atoms with Crippen LogP contribution in [0.15, 0.2) is 0 Å². The van der Waals surface area contributed by atoms with E-state index >= 15 is 0 Å². The highest BCUT2D eigenvalue weighted by Gasteiger charge is 2.30. The molecule has 0 saturated carbocycles. The second kappa shape index (κ2) is 3.81. The van der Waals surface area contributed by atoms with Gasteiger partial charge in [0, 0.05) is 0 Å². The fourth-order valence-electron chi connectivity index (χ4n) is 0.843. The highest BCUT2D eigenvalue weighted by atomic mass is 19.2.